The van der Waals surface area contributed by atoms with Crippen molar-refractivity contribution < 1.29 is 9.59 Å². The van der Waals surface area contributed by atoms with Gasteiger partial charge in [-0.05, 0) is 46.1 Å². The molecule has 0 saturated heterocycles. The van der Waals surface area contributed by atoms with E-state index in [9.17, 15) is 9.59 Å². The fraction of sp³-hybridized carbons (Fsp3) is 0.435. The zero-order valence-corrected chi connectivity index (χ0v) is 17.8. The van der Waals surface area contributed by atoms with Crippen molar-refractivity contribution in [3.8, 4) is 0 Å². The molecule has 1 N–H and O–H groups in total. The van der Waals surface area contributed by atoms with Gasteiger partial charge in [0.25, 0.3) is 0 Å². The number of aromatic nitrogens is 2. The first-order chi connectivity index (χ1) is 13.7. The Labute approximate surface area is 172 Å². The van der Waals surface area contributed by atoms with Gasteiger partial charge in [0.05, 0.1) is 11.2 Å². The van der Waals surface area contributed by atoms with E-state index >= 15 is 0 Å². The molecule has 0 radical (unpaired) electrons. The Morgan fingerprint density at radius 3 is 2.69 bits per heavy atom. The zero-order chi connectivity index (χ0) is 21.6. The quantitative estimate of drug-likeness (QED) is 0.394. The average Bonchev–Trinajstić information content (AvgIpc) is 3.28. The number of aliphatic imine (C=N–C) groups is 1. The second-order valence-electron chi connectivity index (χ2n) is 8.23. The van der Waals surface area contributed by atoms with Crippen LogP contribution in [0.15, 0.2) is 53.8 Å². The van der Waals surface area contributed by atoms with E-state index in [-0.39, 0.29) is 17.2 Å². The lowest BCUT2D eigenvalue weighted by Crippen LogP contribution is -2.25. The first kappa shape index (κ1) is 22.3. The molecule has 0 aliphatic heterocycles. The maximum absolute atomic E-state index is 11.6. The summed E-state index contributed by atoms with van der Waals surface area (Å²) in [5.74, 6) is 2.97. The van der Waals surface area contributed by atoms with Crippen LogP contribution in [0.2, 0.25) is 0 Å². The third kappa shape index (κ3) is 5.75. The van der Waals surface area contributed by atoms with Gasteiger partial charge in [0.2, 0.25) is 0 Å². The summed E-state index contributed by atoms with van der Waals surface area (Å²) in [5, 5.41) is 8.23. The van der Waals surface area contributed by atoms with Crippen molar-refractivity contribution in [2.75, 3.05) is 5.32 Å². The molecule has 1 aromatic rings. The number of nitrogens with one attached hydrogen (secondary N) is 1. The average molecular weight is 395 g/mol. The van der Waals surface area contributed by atoms with Crippen LogP contribution >= 0.6 is 0 Å². The lowest BCUT2D eigenvalue weighted by atomic mass is 10.0. The molecule has 0 amide bonds. The standard InChI is InChI=1S/C23H30N4O2/c1-7-9-19(14-24-20(8-2)16(3)29)25-22-13-21(26-27(22)23(4,5)6)18-11-10-17(12-18)15-28/h7-8,13-14,18,25H,1-2,9-12H2,3-6H3/b19-14+,24-20?/t18-/m0/s1. The summed E-state index contributed by atoms with van der Waals surface area (Å²) >= 11 is 0. The van der Waals surface area contributed by atoms with Gasteiger partial charge in [0.1, 0.15) is 17.5 Å². The van der Waals surface area contributed by atoms with Crippen LogP contribution in [0.3, 0.4) is 0 Å². The SMILES string of the molecule is C=CC/C(=C\N=C(C=C)C(C)=O)Nc1cc([C@H]2CCC(=C=O)C2)nn1C(C)(C)C. The Hall–Kier alpha value is -2.98. The van der Waals surface area contributed by atoms with Gasteiger partial charge < -0.3 is 5.32 Å². The van der Waals surface area contributed by atoms with Crippen LogP contribution in [-0.2, 0) is 15.1 Å². The zero-order valence-electron chi connectivity index (χ0n) is 17.8. The second kappa shape index (κ2) is 9.48. The van der Waals surface area contributed by atoms with Crippen LogP contribution in [0.4, 0.5) is 5.82 Å². The van der Waals surface area contributed by atoms with Crippen LogP contribution in [0.25, 0.3) is 0 Å². The minimum absolute atomic E-state index is 0.142. The molecule has 1 heterocycles. The highest BCUT2D eigenvalue weighted by atomic mass is 16.1. The van der Waals surface area contributed by atoms with Gasteiger partial charge in [-0.15, -0.1) is 6.58 Å². The van der Waals surface area contributed by atoms with Crippen molar-refractivity contribution in [3.63, 3.8) is 0 Å². The molecule has 1 aromatic heterocycles. The Kier molecular flexibility index (Phi) is 7.29. The molecule has 154 valence electrons. The number of allylic oxidation sites excluding steroid dienone is 3. The number of nitrogens with zero attached hydrogens (tertiary/aromatic N) is 3. The number of ketones is 1. The molecule has 0 bridgehead atoms. The molecule has 29 heavy (non-hydrogen) atoms. The maximum atomic E-state index is 11.6. The van der Waals surface area contributed by atoms with E-state index in [2.05, 4.69) is 50.2 Å². The lowest BCUT2D eigenvalue weighted by Gasteiger charge is -2.23. The number of carbonyl (C=O) groups excluding carboxylic acids is 2. The van der Waals surface area contributed by atoms with Gasteiger partial charge in [-0.25, -0.2) is 9.48 Å². The number of rotatable bonds is 8. The molecule has 1 aliphatic rings. The van der Waals surface area contributed by atoms with E-state index in [0.717, 1.165) is 35.6 Å². The van der Waals surface area contributed by atoms with Crippen molar-refractivity contribution in [1.29, 1.82) is 0 Å². The Morgan fingerprint density at radius 2 is 2.17 bits per heavy atom. The summed E-state index contributed by atoms with van der Waals surface area (Å²) < 4.78 is 1.95. The highest BCUT2D eigenvalue weighted by Crippen LogP contribution is 2.38. The first-order valence-electron chi connectivity index (χ1n) is 9.81. The predicted octanol–water partition coefficient (Wildman–Crippen LogP) is 4.71. The van der Waals surface area contributed by atoms with E-state index in [4.69, 9.17) is 5.10 Å². The molecule has 1 saturated carbocycles. The molecule has 6 heteroatoms. The summed E-state index contributed by atoms with van der Waals surface area (Å²) in [4.78, 5) is 26.8. The Bertz CT molecular complexity index is 906. The summed E-state index contributed by atoms with van der Waals surface area (Å²) in [6.07, 6.45) is 7.80. The van der Waals surface area contributed by atoms with Gasteiger partial charge in [-0.3, -0.25) is 9.79 Å². The third-order valence-electron chi connectivity index (χ3n) is 4.78. The fourth-order valence-corrected chi connectivity index (χ4v) is 3.29. The smallest absolute Gasteiger partial charge is 0.178 e. The van der Waals surface area contributed by atoms with E-state index in [1.165, 1.54) is 13.0 Å². The highest BCUT2D eigenvalue weighted by molar-refractivity contribution is 6.43. The second-order valence-corrected chi connectivity index (χ2v) is 8.23. The minimum Gasteiger partial charge on any atom is -0.342 e. The molecule has 1 fully saturated rings. The largest absolute Gasteiger partial charge is 0.342 e. The van der Waals surface area contributed by atoms with Crippen LogP contribution in [-0.4, -0.2) is 27.2 Å². The summed E-state index contributed by atoms with van der Waals surface area (Å²) in [7, 11) is 0. The highest BCUT2D eigenvalue weighted by Gasteiger charge is 2.27. The van der Waals surface area contributed by atoms with Gasteiger partial charge >= 0.3 is 0 Å². The summed E-state index contributed by atoms with van der Waals surface area (Å²) in [5.41, 5.74) is 2.65. The number of carbonyl (C=O) groups is 1. The molecule has 1 atom stereocenters. The number of anilines is 1. The Balaban J connectivity index is 2.40. The molecule has 6 nitrogen and oxygen atoms in total. The van der Waals surface area contributed by atoms with E-state index < -0.39 is 0 Å². The maximum Gasteiger partial charge on any atom is 0.178 e. The normalized spacial score (nSPS) is 17.8. The van der Waals surface area contributed by atoms with Crippen LogP contribution in [0, 0.1) is 0 Å². The predicted molar refractivity (Wildman–Crippen MR) is 118 cm³/mol. The summed E-state index contributed by atoms with van der Waals surface area (Å²) in [6.45, 7) is 15.1. The topological polar surface area (TPSA) is 76.3 Å². The number of hydrogen-bond acceptors (Lipinski definition) is 5. The molecule has 1 aliphatic carbocycles. The van der Waals surface area contributed by atoms with Gasteiger partial charge in [0, 0.05) is 42.8 Å². The van der Waals surface area contributed by atoms with Gasteiger partial charge in [-0.1, -0.05) is 12.7 Å². The number of Topliss-reactive ketones (excluding diaryl/α,β-unsaturated/α-hetero) is 1. The van der Waals surface area contributed by atoms with Gasteiger partial charge in [-0.2, -0.15) is 5.10 Å². The molecular weight excluding hydrogens is 364 g/mol. The fourth-order valence-electron chi connectivity index (χ4n) is 3.29. The monoisotopic (exact) mass is 394 g/mol. The van der Waals surface area contributed by atoms with E-state index in [0.29, 0.717) is 18.6 Å². The summed E-state index contributed by atoms with van der Waals surface area (Å²) in [6, 6.07) is 2.03. The van der Waals surface area contributed by atoms with Crippen molar-refractivity contribution in [2.45, 2.75) is 64.8 Å². The van der Waals surface area contributed by atoms with Crippen LogP contribution in [0.1, 0.15) is 65.0 Å². The van der Waals surface area contributed by atoms with Crippen molar-refractivity contribution in [1.82, 2.24) is 9.78 Å². The van der Waals surface area contributed by atoms with Crippen molar-refractivity contribution >= 4 is 23.3 Å². The van der Waals surface area contributed by atoms with Crippen molar-refractivity contribution in [3.05, 3.63) is 54.5 Å². The van der Waals surface area contributed by atoms with E-state index in [1.54, 1.807) is 12.3 Å². The van der Waals surface area contributed by atoms with Crippen molar-refractivity contribution in [2.24, 2.45) is 4.99 Å². The Morgan fingerprint density at radius 1 is 1.45 bits per heavy atom. The minimum atomic E-state index is -0.239. The first-order valence-corrected chi connectivity index (χ1v) is 9.81. The molecule has 2 rings (SSSR count). The molecule has 0 aromatic carbocycles. The van der Waals surface area contributed by atoms with Crippen LogP contribution in [0.5, 0.6) is 0 Å². The van der Waals surface area contributed by atoms with Gasteiger partial charge in [0.15, 0.2) is 5.78 Å². The molecule has 0 unspecified atom stereocenters. The van der Waals surface area contributed by atoms with Crippen LogP contribution < -0.4 is 5.32 Å². The number of hydrogen-bond donors (Lipinski definition) is 1. The lowest BCUT2D eigenvalue weighted by molar-refractivity contribution is -0.111. The third-order valence-corrected chi connectivity index (χ3v) is 4.78. The van der Waals surface area contributed by atoms with E-state index in [1.807, 2.05) is 10.7 Å². The molecular formula is C23H30N4O2. The molecule has 0 spiro atoms.